The molecule has 0 radical (unpaired) electrons. The zero-order chi connectivity index (χ0) is 14.0. The van der Waals surface area contributed by atoms with Gasteiger partial charge in [-0.2, -0.15) is 0 Å². The Labute approximate surface area is 115 Å². The summed E-state index contributed by atoms with van der Waals surface area (Å²) in [5.74, 6) is 0. The molecule has 1 unspecified atom stereocenters. The van der Waals surface area contributed by atoms with Gasteiger partial charge in [-0.05, 0) is 45.4 Å². The van der Waals surface area contributed by atoms with Crippen molar-refractivity contribution in [1.82, 2.24) is 10.3 Å². The van der Waals surface area contributed by atoms with Crippen LogP contribution in [0.15, 0.2) is 24.3 Å². The minimum Gasteiger partial charge on any atom is -0.391 e. The third-order valence-electron chi connectivity index (χ3n) is 3.21. The first-order chi connectivity index (χ1) is 8.85. The van der Waals surface area contributed by atoms with Crippen LogP contribution in [0.2, 0.25) is 0 Å². The smallest absolute Gasteiger partial charge is 0.0705 e. The van der Waals surface area contributed by atoms with Crippen LogP contribution in [0.1, 0.15) is 32.0 Å². The molecule has 0 aliphatic rings. The Hall–Kier alpha value is -1.32. The summed E-state index contributed by atoms with van der Waals surface area (Å²) in [6, 6.07) is 8.35. The zero-order valence-electron chi connectivity index (χ0n) is 12.2. The quantitative estimate of drug-likeness (QED) is 0.791. The number of aromatic nitrogens is 1. The molecular formula is C16H24N2O. The van der Waals surface area contributed by atoms with Crippen molar-refractivity contribution in [2.75, 3.05) is 6.54 Å². The van der Waals surface area contributed by atoms with Crippen LogP contribution in [0, 0.1) is 6.92 Å². The maximum absolute atomic E-state index is 10.2. The molecular weight excluding hydrogens is 236 g/mol. The number of nitrogens with one attached hydrogen (secondary N) is 2. The standard InChI is InChI=1S/C16H24N2O/c1-11-8-14-12(6-5-7-15(14)18-11)9-13(19)10-17-16(2,3)4/h5-8,13,17-19H,9-10H2,1-4H3. The third-order valence-corrected chi connectivity index (χ3v) is 3.21. The molecule has 0 aliphatic carbocycles. The van der Waals surface area contributed by atoms with Crippen molar-refractivity contribution in [2.45, 2.75) is 45.8 Å². The maximum Gasteiger partial charge on any atom is 0.0705 e. The van der Waals surface area contributed by atoms with Gasteiger partial charge < -0.3 is 15.4 Å². The van der Waals surface area contributed by atoms with Gasteiger partial charge in [0, 0.05) is 35.1 Å². The Morgan fingerprint density at radius 2 is 2.05 bits per heavy atom. The number of fused-ring (bicyclic) bond motifs is 1. The Kier molecular flexibility index (Phi) is 3.97. The van der Waals surface area contributed by atoms with Gasteiger partial charge in [0.05, 0.1) is 6.10 Å². The predicted molar refractivity (Wildman–Crippen MR) is 80.5 cm³/mol. The lowest BCUT2D eigenvalue weighted by Crippen LogP contribution is -2.41. The lowest BCUT2D eigenvalue weighted by Gasteiger charge is -2.23. The van der Waals surface area contributed by atoms with Gasteiger partial charge in [0.25, 0.3) is 0 Å². The van der Waals surface area contributed by atoms with Gasteiger partial charge in [-0.25, -0.2) is 0 Å². The van der Waals surface area contributed by atoms with Crippen LogP contribution in [0.4, 0.5) is 0 Å². The van der Waals surface area contributed by atoms with Crippen molar-refractivity contribution in [3.05, 3.63) is 35.5 Å². The second kappa shape index (κ2) is 5.35. The first-order valence-electron chi connectivity index (χ1n) is 6.85. The van der Waals surface area contributed by atoms with E-state index >= 15 is 0 Å². The molecule has 0 saturated heterocycles. The number of aliphatic hydroxyl groups is 1. The molecule has 1 aromatic heterocycles. The van der Waals surface area contributed by atoms with E-state index in [0.717, 1.165) is 11.2 Å². The van der Waals surface area contributed by atoms with Gasteiger partial charge in [-0.15, -0.1) is 0 Å². The van der Waals surface area contributed by atoms with Crippen LogP contribution in [-0.2, 0) is 6.42 Å². The van der Waals surface area contributed by atoms with E-state index in [1.807, 2.05) is 6.07 Å². The monoisotopic (exact) mass is 260 g/mol. The zero-order valence-corrected chi connectivity index (χ0v) is 12.2. The minimum absolute atomic E-state index is 0.0393. The highest BCUT2D eigenvalue weighted by Crippen LogP contribution is 2.21. The molecule has 3 heteroatoms. The molecule has 3 nitrogen and oxygen atoms in total. The summed E-state index contributed by atoms with van der Waals surface area (Å²) in [4.78, 5) is 3.33. The molecule has 19 heavy (non-hydrogen) atoms. The van der Waals surface area contributed by atoms with E-state index in [0.29, 0.717) is 13.0 Å². The topological polar surface area (TPSA) is 48.0 Å². The van der Waals surface area contributed by atoms with Crippen LogP contribution in [0.25, 0.3) is 10.9 Å². The molecule has 0 saturated carbocycles. The molecule has 3 N–H and O–H groups in total. The lowest BCUT2D eigenvalue weighted by molar-refractivity contribution is 0.161. The van der Waals surface area contributed by atoms with Crippen LogP contribution < -0.4 is 5.32 Å². The first kappa shape index (κ1) is 14.1. The Morgan fingerprint density at radius 3 is 2.74 bits per heavy atom. The molecule has 0 fully saturated rings. The highest BCUT2D eigenvalue weighted by atomic mass is 16.3. The molecule has 1 aromatic carbocycles. The van der Waals surface area contributed by atoms with E-state index in [9.17, 15) is 5.11 Å². The fourth-order valence-corrected chi connectivity index (χ4v) is 2.29. The van der Waals surface area contributed by atoms with Gasteiger partial charge in [0.15, 0.2) is 0 Å². The number of aliphatic hydroxyl groups excluding tert-OH is 1. The number of hydrogen-bond donors (Lipinski definition) is 3. The highest BCUT2D eigenvalue weighted by Gasteiger charge is 2.14. The largest absolute Gasteiger partial charge is 0.391 e. The number of benzene rings is 1. The first-order valence-corrected chi connectivity index (χ1v) is 6.85. The van der Waals surface area contributed by atoms with Crippen LogP contribution in [0.3, 0.4) is 0 Å². The van der Waals surface area contributed by atoms with Gasteiger partial charge in [0.2, 0.25) is 0 Å². The average molecular weight is 260 g/mol. The molecule has 1 atom stereocenters. The summed E-state index contributed by atoms with van der Waals surface area (Å²) >= 11 is 0. The highest BCUT2D eigenvalue weighted by molar-refractivity contribution is 5.83. The third kappa shape index (κ3) is 3.82. The van der Waals surface area contributed by atoms with E-state index in [1.54, 1.807) is 0 Å². The molecule has 0 amide bonds. The van der Waals surface area contributed by atoms with Crippen molar-refractivity contribution in [1.29, 1.82) is 0 Å². The Morgan fingerprint density at radius 1 is 1.32 bits per heavy atom. The van der Waals surface area contributed by atoms with Crippen LogP contribution >= 0.6 is 0 Å². The fraction of sp³-hybridized carbons (Fsp3) is 0.500. The van der Waals surface area contributed by atoms with E-state index in [2.05, 4.69) is 56.2 Å². The summed E-state index contributed by atoms with van der Waals surface area (Å²) in [6.45, 7) is 8.99. The maximum atomic E-state index is 10.2. The van der Waals surface area contributed by atoms with Gasteiger partial charge >= 0.3 is 0 Å². The Balaban J connectivity index is 2.08. The number of H-pyrrole nitrogens is 1. The summed E-state index contributed by atoms with van der Waals surface area (Å²) in [5.41, 5.74) is 3.54. The number of hydrogen-bond acceptors (Lipinski definition) is 2. The van der Waals surface area contributed by atoms with E-state index < -0.39 is 0 Å². The van der Waals surface area contributed by atoms with Crippen LogP contribution in [0.5, 0.6) is 0 Å². The van der Waals surface area contributed by atoms with Gasteiger partial charge in [-0.3, -0.25) is 0 Å². The summed E-state index contributed by atoms with van der Waals surface area (Å²) in [5, 5.41) is 14.7. The number of rotatable bonds is 4. The number of β-amino-alcohol motifs (C(OH)–C–C–N with tert-alkyl or cyclic N) is 1. The summed E-state index contributed by atoms with van der Waals surface area (Å²) in [6.07, 6.45) is 0.317. The average Bonchev–Trinajstić information content (AvgIpc) is 2.67. The molecule has 2 rings (SSSR count). The second-order valence-electron chi connectivity index (χ2n) is 6.32. The SMILES string of the molecule is Cc1cc2c(CC(O)CNC(C)(C)C)cccc2[nH]1. The molecule has 0 aliphatic heterocycles. The summed E-state index contributed by atoms with van der Waals surface area (Å²) < 4.78 is 0. The van der Waals surface area contributed by atoms with Crippen molar-refractivity contribution in [3.8, 4) is 0 Å². The van der Waals surface area contributed by atoms with Gasteiger partial charge in [-0.1, -0.05) is 12.1 Å². The van der Waals surface area contributed by atoms with Crippen molar-refractivity contribution in [3.63, 3.8) is 0 Å². The van der Waals surface area contributed by atoms with Crippen LogP contribution in [-0.4, -0.2) is 28.3 Å². The van der Waals surface area contributed by atoms with Crippen molar-refractivity contribution >= 4 is 10.9 Å². The number of aryl methyl sites for hydroxylation is 1. The normalized spacial score (nSPS) is 13.9. The van der Waals surface area contributed by atoms with Gasteiger partial charge in [0.1, 0.15) is 0 Å². The van der Waals surface area contributed by atoms with Crippen molar-refractivity contribution < 1.29 is 5.11 Å². The molecule has 104 valence electrons. The molecule has 0 bridgehead atoms. The molecule has 2 aromatic rings. The van der Waals surface area contributed by atoms with Crippen molar-refractivity contribution in [2.24, 2.45) is 0 Å². The minimum atomic E-state index is -0.361. The fourth-order valence-electron chi connectivity index (χ4n) is 2.29. The lowest BCUT2D eigenvalue weighted by atomic mass is 10.0. The van der Waals surface area contributed by atoms with E-state index in [4.69, 9.17) is 0 Å². The number of aromatic amines is 1. The summed E-state index contributed by atoms with van der Waals surface area (Å²) in [7, 11) is 0. The second-order valence-corrected chi connectivity index (χ2v) is 6.32. The predicted octanol–water partition coefficient (Wildman–Crippen LogP) is 2.77. The molecule has 1 heterocycles. The Bertz CT molecular complexity index is 551. The molecule has 0 spiro atoms. The van der Waals surface area contributed by atoms with E-state index in [1.165, 1.54) is 10.9 Å². The van der Waals surface area contributed by atoms with E-state index in [-0.39, 0.29) is 11.6 Å².